The fraction of sp³-hybridized carbons (Fsp3) is 0.125. The van der Waals surface area contributed by atoms with Gasteiger partial charge in [0.05, 0.1) is 15.5 Å². The molecule has 0 aliphatic heterocycles. The molecule has 0 saturated carbocycles. The molecule has 10 heteroatoms. The molecule has 2 aromatic heterocycles. The second kappa shape index (κ2) is 9.67. The zero-order chi connectivity index (χ0) is 24.2. The summed E-state index contributed by atoms with van der Waals surface area (Å²) in [4.78, 5) is 37.0. The van der Waals surface area contributed by atoms with Crippen molar-refractivity contribution in [2.45, 2.75) is 13.8 Å². The van der Waals surface area contributed by atoms with Crippen LogP contribution in [0.1, 0.15) is 21.6 Å². The summed E-state index contributed by atoms with van der Waals surface area (Å²) >= 11 is 1.48. The molecule has 1 amide bonds. The van der Waals surface area contributed by atoms with E-state index in [2.05, 4.69) is 10.4 Å². The van der Waals surface area contributed by atoms with Gasteiger partial charge in [0.1, 0.15) is 11.4 Å². The number of nitrogens with zero attached hydrogens (tertiary/aromatic N) is 3. The molecule has 0 aliphatic carbocycles. The van der Waals surface area contributed by atoms with Crippen LogP contribution in [-0.2, 0) is 9.53 Å². The zero-order valence-corrected chi connectivity index (χ0v) is 19.2. The summed E-state index contributed by atoms with van der Waals surface area (Å²) in [6, 6.07) is 17.4. The van der Waals surface area contributed by atoms with E-state index in [1.54, 1.807) is 32.0 Å². The van der Waals surface area contributed by atoms with Gasteiger partial charge in [-0.3, -0.25) is 14.9 Å². The SMILES string of the molecule is Cc1cc(NC(=O)COC(=O)c2cc(-c3cccs3)nn2-c2ccccc2)c([N+](=O)[O-])cc1C. The minimum atomic E-state index is -0.746. The van der Waals surface area contributed by atoms with Gasteiger partial charge in [-0.2, -0.15) is 5.10 Å². The number of amides is 1. The molecule has 172 valence electrons. The smallest absolute Gasteiger partial charge is 0.357 e. The normalized spacial score (nSPS) is 10.6. The molecule has 9 nitrogen and oxygen atoms in total. The number of rotatable bonds is 7. The molecule has 0 radical (unpaired) electrons. The van der Waals surface area contributed by atoms with Crippen LogP contribution >= 0.6 is 11.3 Å². The third kappa shape index (κ3) is 4.86. The van der Waals surface area contributed by atoms with Crippen molar-refractivity contribution in [2.75, 3.05) is 11.9 Å². The number of ether oxygens (including phenoxy) is 1. The Morgan fingerprint density at radius 3 is 2.50 bits per heavy atom. The van der Waals surface area contributed by atoms with Crippen molar-refractivity contribution in [3.63, 3.8) is 0 Å². The van der Waals surface area contributed by atoms with E-state index in [0.29, 0.717) is 11.4 Å². The maximum Gasteiger partial charge on any atom is 0.357 e. The standard InChI is InChI=1S/C24H20N4O5S/c1-15-11-18(20(28(31)32)12-16(15)2)25-23(29)14-33-24(30)21-13-19(22-9-6-10-34-22)26-27(21)17-7-4-3-5-8-17/h3-13H,14H2,1-2H3,(H,25,29). The molecule has 0 aliphatic rings. The van der Waals surface area contributed by atoms with Gasteiger partial charge in [0.25, 0.3) is 11.6 Å². The lowest BCUT2D eigenvalue weighted by molar-refractivity contribution is -0.384. The van der Waals surface area contributed by atoms with Crippen molar-refractivity contribution in [3.05, 3.63) is 93.0 Å². The van der Waals surface area contributed by atoms with Crippen LogP contribution in [0.4, 0.5) is 11.4 Å². The Kier molecular flexibility index (Phi) is 6.51. The summed E-state index contributed by atoms with van der Waals surface area (Å²) in [5, 5.41) is 20.3. The van der Waals surface area contributed by atoms with Gasteiger partial charge >= 0.3 is 5.97 Å². The predicted octanol–water partition coefficient (Wildman–Crippen LogP) is 4.92. The summed E-state index contributed by atoms with van der Waals surface area (Å²) in [6.45, 7) is 2.91. The van der Waals surface area contributed by atoms with Gasteiger partial charge in [-0.15, -0.1) is 11.3 Å². The van der Waals surface area contributed by atoms with Crippen LogP contribution in [0, 0.1) is 24.0 Å². The number of nitro groups is 1. The lowest BCUT2D eigenvalue weighted by atomic mass is 10.1. The van der Waals surface area contributed by atoms with Gasteiger partial charge in [-0.25, -0.2) is 9.48 Å². The minimum absolute atomic E-state index is 0.0449. The Balaban J connectivity index is 1.53. The third-order valence-corrected chi connectivity index (χ3v) is 6.00. The molecule has 34 heavy (non-hydrogen) atoms. The number of hydrogen-bond acceptors (Lipinski definition) is 7. The number of carbonyl (C=O) groups is 2. The molecule has 0 fully saturated rings. The van der Waals surface area contributed by atoms with Crippen LogP contribution in [-0.4, -0.2) is 33.2 Å². The molecule has 1 N–H and O–H groups in total. The van der Waals surface area contributed by atoms with Gasteiger partial charge in [-0.05, 0) is 54.6 Å². The molecule has 2 aromatic carbocycles. The summed E-state index contributed by atoms with van der Waals surface area (Å²) in [5.74, 6) is -1.44. The summed E-state index contributed by atoms with van der Waals surface area (Å²) in [6.07, 6.45) is 0. The fourth-order valence-electron chi connectivity index (χ4n) is 3.28. The first-order valence-electron chi connectivity index (χ1n) is 10.3. The number of esters is 1. The summed E-state index contributed by atoms with van der Waals surface area (Å²) < 4.78 is 6.69. The Hall–Kier alpha value is -4.31. The highest BCUT2D eigenvalue weighted by atomic mass is 32.1. The minimum Gasteiger partial charge on any atom is -0.451 e. The molecule has 0 saturated heterocycles. The van der Waals surface area contributed by atoms with E-state index in [1.165, 1.54) is 28.2 Å². The molecule has 4 rings (SSSR count). The van der Waals surface area contributed by atoms with Crippen LogP contribution < -0.4 is 5.32 Å². The number of benzene rings is 2. The highest BCUT2D eigenvalue weighted by Crippen LogP contribution is 2.28. The van der Waals surface area contributed by atoms with E-state index in [-0.39, 0.29) is 17.1 Å². The van der Waals surface area contributed by atoms with Crippen molar-refractivity contribution in [2.24, 2.45) is 0 Å². The van der Waals surface area contributed by atoms with Crippen LogP contribution in [0.5, 0.6) is 0 Å². The average molecular weight is 477 g/mol. The molecule has 0 atom stereocenters. The van der Waals surface area contributed by atoms with E-state index < -0.39 is 23.4 Å². The molecule has 0 spiro atoms. The monoisotopic (exact) mass is 476 g/mol. The van der Waals surface area contributed by atoms with E-state index >= 15 is 0 Å². The first kappa shape index (κ1) is 22.9. The molecular weight excluding hydrogens is 456 g/mol. The highest BCUT2D eigenvalue weighted by molar-refractivity contribution is 7.13. The Labute approximate surface area is 198 Å². The van der Waals surface area contributed by atoms with Crippen molar-refractivity contribution < 1.29 is 19.2 Å². The highest BCUT2D eigenvalue weighted by Gasteiger charge is 2.22. The maximum absolute atomic E-state index is 12.9. The number of nitrogens with one attached hydrogen (secondary N) is 1. The second-order valence-corrected chi connectivity index (χ2v) is 8.42. The summed E-state index contributed by atoms with van der Waals surface area (Å²) in [7, 11) is 0. The van der Waals surface area contributed by atoms with Gasteiger partial charge < -0.3 is 10.1 Å². The molecule has 2 heterocycles. The van der Waals surface area contributed by atoms with E-state index in [9.17, 15) is 19.7 Å². The number of aromatic nitrogens is 2. The number of hydrogen-bond donors (Lipinski definition) is 1. The Bertz CT molecular complexity index is 1360. The predicted molar refractivity (Wildman–Crippen MR) is 128 cm³/mol. The second-order valence-electron chi connectivity index (χ2n) is 7.47. The number of nitro benzene ring substituents is 1. The number of aryl methyl sites for hydroxylation is 2. The quantitative estimate of drug-likeness (QED) is 0.230. The Morgan fingerprint density at radius 2 is 1.82 bits per heavy atom. The van der Waals surface area contributed by atoms with Crippen molar-refractivity contribution in [3.8, 4) is 16.3 Å². The van der Waals surface area contributed by atoms with Gasteiger partial charge in [-0.1, -0.05) is 24.3 Å². The molecule has 0 unspecified atom stereocenters. The van der Waals surface area contributed by atoms with Crippen LogP contribution in [0.15, 0.2) is 66.0 Å². The van der Waals surface area contributed by atoms with Gasteiger partial charge in [0, 0.05) is 12.1 Å². The van der Waals surface area contributed by atoms with Crippen LogP contribution in [0.2, 0.25) is 0 Å². The van der Waals surface area contributed by atoms with Crippen LogP contribution in [0.25, 0.3) is 16.3 Å². The first-order valence-corrected chi connectivity index (χ1v) is 11.1. The van der Waals surface area contributed by atoms with E-state index in [1.807, 2.05) is 35.7 Å². The van der Waals surface area contributed by atoms with Crippen molar-refractivity contribution in [1.82, 2.24) is 9.78 Å². The molecule has 4 aromatic rings. The largest absolute Gasteiger partial charge is 0.451 e. The van der Waals surface area contributed by atoms with Crippen molar-refractivity contribution >= 4 is 34.6 Å². The van der Waals surface area contributed by atoms with Crippen molar-refractivity contribution in [1.29, 1.82) is 0 Å². The Morgan fingerprint density at radius 1 is 1.09 bits per heavy atom. The lowest BCUT2D eigenvalue weighted by Crippen LogP contribution is -2.22. The number of anilines is 1. The zero-order valence-electron chi connectivity index (χ0n) is 18.3. The number of para-hydroxylation sites is 1. The number of thiophene rings is 1. The summed E-state index contributed by atoms with van der Waals surface area (Å²) in [5.41, 5.74) is 2.74. The molecular formula is C24H20N4O5S. The number of carbonyl (C=O) groups excluding carboxylic acids is 2. The van der Waals surface area contributed by atoms with Crippen LogP contribution in [0.3, 0.4) is 0 Å². The first-order chi connectivity index (χ1) is 16.3. The topological polar surface area (TPSA) is 116 Å². The molecule has 0 bridgehead atoms. The van der Waals surface area contributed by atoms with Gasteiger partial charge in [0.15, 0.2) is 12.3 Å². The van der Waals surface area contributed by atoms with E-state index in [0.717, 1.165) is 16.0 Å². The average Bonchev–Trinajstić information content (AvgIpc) is 3.50. The lowest BCUT2D eigenvalue weighted by Gasteiger charge is -2.10. The maximum atomic E-state index is 12.9. The third-order valence-electron chi connectivity index (χ3n) is 5.11. The van der Waals surface area contributed by atoms with E-state index in [4.69, 9.17) is 4.74 Å². The fourth-order valence-corrected chi connectivity index (χ4v) is 3.96. The van der Waals surface area contributed by atoms with Gasteiger partial charge in [0.2, 0.25) is 0 Å².